The summed E-state index contributed by atoms with van der Waals surface area (Å²) in [5.41, 5.74) is 2.07. The summed E-state index contributed by atoms with van der Waals surface area (Å²) in [6.07, 6.45) is 3.06. The number of hydrogen-bond acceptors (Lipinski definition) is 5. The van der Waals surface area contributed by atoms with Crippen molar-refractivity contribution in [2.45, 2.75) is 71.0 Å². The predicted octanol–water partition coefficient (Wildman–Crippen LogP) is 5.27. The zero-order valence-electron chi connectivity index (χ0n) is 19.7. The molecule has 2 aromatic heterocycles. The fourth-order valence-corrected chi connectivity index (χ4v) is 4.49. The van der Waals surface area contributed by atoms with Crippen LogP contribution in [0.5, 0.6) is 0 Å². The average molecular weight is 492 g/mol. The Balaban J connectivity index is 1.65. The summed E-state index contributed by atoms with van der Waals surface area (Å²) >= 11 is 6.24. The third kappa shape index (κ3) is 5.37. The van der Waals surface area contributed by atoms with E-state index in [0.717, 1.165) is 6.54 Å². The Hall–Kier alpha value is -2.07. The zero-order chi connectivity index (χ0) is 24.0. The van der Waals surface area contributed by atoms with Crippen LogP contribution in [0.1, 0.15) is 56.7 Å². The fourth-order valence-electron chi connectivity index (χ4n) is 3.35. The van der Waals surface area contributed by atoms with Gasteiger partial charge in [-0.3, -0.25) is 4.68 Å². The quantitative estimate of drug-likeness (QED) is 0.434. The molecule has 10 heteroatoms. The van der Waals surface area contributed by atoms with Gasteiger partial charge in [0.1, 0.15) is 17.6 Å². The Kier molecular flexibility index (Phi) is 6.52. The minimum Gasteiger partial charge on any atom is -0.412 e. The van der Waals surface area contributed by atoms with Gasteiger partial charge in [0.2, 0.25) is 0 Å². The fraction of sp³-hybridized carbons (Fsp3) is 0.522. The van der Waals surface area contributed by atoms with Gasteiger partial charge in [-0.2, -0.15) is 5.10 Å². The first kappa shape index (κ1) is 24.1. The molecule has 1 aromatic carbocycles. The topological polar surface area (TPSA) is 78.0 Å². The van der Waals surface area contributed by atoms with E-state index in [0.29, 0.717) is 28.6 Å². The van der Waals surface area contributed by atoms with E-state index in [-0.39, 0.29) is 22.6 Å². The first-order valence-electron chi connectivity index (χ1n) is 11.2. The maximum Gasteiger partial charge on any atom is 0.192 e. The summed E-state index contributed by atoms with van der Waals surface area (Å²) in [5, 5.41) is 24.0. The van der Waals surface area contributed by atoms with E-state index >= 15 is 0 Å². The van der Waals surface area contributed by atoms with Gasteiger partial charge in [0.15, 0.2) is 13.5 Å². The molecule has 1 unspecified atom stereocenters. The van der Waals surface area contributed by atoms with Crippen LogP contribution >= 0.6 is 11.6 Å². The van der Waals surface area contributed by atoms with Crippen LogP contribution in [0.25, 0.3) is 5.69 Å². The Morgan fingerprint density at radius 2 is 2.00 bits per heavy atom. The lowest BCUT2D eigenvalue weighted by Gasteiger charge is -2.36. The van der Waals surface area contributed by atoms with Crippen molar-refractivity contribution in [2.24, 2.45) is 5.92 Å². The van der Waals surface area contributed by atoms with Gasteiger partial charge in [0.25, 0.3) is 0 Å². The van der Waals surface area contributed by atoms with Crippen LogP contribution in [0.3, 0.4) is 0 Å². The Morgan fingerprint density at radius 3 is 2.67 bits per heavy atom. The lowest BCUT2D eigenvalue weighted by molar-refractivity contribution is 0.206. The standard InChI is InChI=1S/C23H31ClFN5O2Si/c1-23(2,3)33(4,5)32-14-16-10-17(25)8-9-19(16)30-20(11-21(24)27-30)22(31)18-13-29(28-26-18)12-15-6-7-15/h8-11,13,15,22,31H,6-7,12,14H2,1-5H3. The van der Waals surface area contributed by atoms with Gasteiger partial charge in [-0.1, -0.05) is 37.6 Å². The highest BCUT2D eigenvalue weighted by molar-refractivity contribution is 6.74. The first-order chi connectivity index (χ1) is 15.4. The molecule has 0 radical (unpaired) electrons. The number of aliphatic hydroxyl groups is 1. The van der Waals surface area contributed by atoms with Gasteiger partial charge < -0.3 is 9.53 Å². The van der Waals surface area contributed by atoms with Crippen molar-refractivity contribution in [3.8, 4) is 5.69 Å². The van der Waals surface area contributed by atoms with E-state index in [2.05, 4.69) is 49.3 Å². The molecule has 4 rings (SSSR count). The molecule has 0 amide bonds. The normalized spacial score (nSPS) is 15.8. The zero-order valence-corrected chi connectivity index (χ0v) is 21.5. The highest BCUT2D eigenvalue weighted by atomic mass is 35.5. The molecule has 178 valence electrons. The van der Waals surface area contributed by atoms with Crippen LogP contribution in [0, 0.1) is 11.7 Å². The number of nitrogens with zero attached hydrogens (tertiary/aromatic N) is 5. The largest absolute Gasteiger partial charge is 0.412 e. The number of aromatic nitrogens is 5. The summed E-state index contributed by atoms with van der Waals surface area (Å²) in [7, 11) is -2.07. The molecule has 1 aliphatic carbocycles. The van der Waals surface area contributed by atoms with Crippen LogP contribution in [-0.4, -0.2) is 38.2 Å². The maximum absolute atomic E-state index is 14.2. The highest BCUT2D eigenvalue weighted by Crippen LogP contribution is 2.38. The summed E-state index contributed by atoms with van der Waals surface area (Å²) in [5.74, 6) is 0.273. The molecule has 7 nitrogen and oxygen atoms in total. The van der Waals surface area contributed by atoms with Crippen molar-refractivity contribution in [1.29, 1.82) is 0 Å². The smallest absolute Gasteiger partial charge is 0.192 e. The van der Waals surface area contributed by atoms with Crippen molar-refractivity contribution >= 4 is 19.9 Å². The molecule has 0 saturated heterocycles. The lowest BCUT2D eigenvalue weighted by atomic mass is 10.1. The Labute approximate surface area is 199 Å². The van der Waals surface area contributed by atoms with Gasteiger partial charge in [-0.25, -0.2) is 9.07 Å². The Bertz CT molecular complexity index is 1140. The summed E-state index contributed by atoms with van der Waals surface area (Å²) in [6.45, 7) is 11.8. The van der Waals surface area contributed by atoms with E-state index in [1.807, 2.05) is 0 Å². The summed E-state index contributed by atoms with van der Waals surface area (Å²) in [6, 6.07) is 6.03. The van der Waals surface area contributed by atoms with Gasteiger partial charge in [-0.05, 0) is 55.1 Å². The number of benzene rings is 1. The lowest BCUT2D eigenvalue weighted by Crippen LogP contribution is -2.40. The monoisotopic (exact) mass is 491 g/mol. The van der Waals surface area contributed by atoms with Gasteiger partial charge >= 0.3 is 0 Å². The molecule has 3 aromatic rings. The molecule has 0 aliphatic heterocycles. The van der Waals surface area contributed by atoms with E-state index in [1.165, 1.54) is 29.7 Å². The SMILES string of the molecule is CC(C)(C)[Si](C)(C)OCc1cc(F)ccc1-n1nc(Cl)cc1C(O)c1cn(CC2CC2)nn1. The van der Waals surface area contributed by atoms with Gasteiger partial charge in [-0.15, -0.1) is 5.10 Å². The molecule has 2 heterocycles. The summed E-state index contributed by atoms with van der Waals surface area (Å²) < 4.78 is 23.8. The van der Waals surface area contributed by atoms with E-state index in [4.69, 9.17) is 16.0 Å². The van der Waals surface area contributed by atoms with Crippen molar-refractivity contribution in [3.05, 3.63) is 58.4 Å². The number of halogens is 2. The molecular weight excluding hydrogens is 461 g/mol. The van der Waals surface area contributed by atoms with Crippen LogP contribution < -0.4 is 0 Å². The van der Waals surface area contributed by atoms with Crippen molar-refractivity contribution in [3.63, 3.8) is 0 Å². The van der Waals surface area contributed by atoms with Crippen molar-refractivity contribution in [2.75, 3.05) is 0 Å². The maximum atomic E-state index is 14.2. The molecule has 1 saturated carbocycles. The molecule has 0 spiro atoms. The molecule has 1 atom stereocenters. The molecule has 1 N–H and O–H groups in total. The second kappa shape index (κ2) is 8.94. The van der Waals surface area contributed by atoms with Gasteiger partial charge in [0, 0.05) is 18.2 Å². The Morgan fingerprint density at radius 1 is 1.27 bits per heavy atom. The van der Waals surface area contributed by atoms with Crippen molar-refractivity contribution < 1.29 is 13.9 Å². The van der Waals surface area contributed by atoms with Crippen LogP contribution in [0.4, 0.5) is 4.39 Å². The van der Waals surface area contributed by atoms with E-state index < -0.39 is 14.4 Å². The third-order valence-corrected chi connectivity index (χ3v) is 11.3. The number of aliphatic hydroxyl groups excluding tert-OH is 1. The molecule has 1 fully saturated rings. The van der Waals surface area contributed by atoms with E-state index in [9.17, 15) is 9.50 Å². The minimum atomic E-state index is -2.07. The van der Waals surface area contributed by atoms with Gasteiger partial charge in [0.05, 0.1) is 24.2 Å². The first-order valence-corrected chi connectivity index (χ1v) is 14.5. The number of rotatable bonds is 8. The second-order valence-electron chi connectivity index (χ2n) is 10.3. The van der Waals surface area contributed by atoms with Crippen LogP contribution in [0.2, 0.25) is 23.3 Å². The van der Waals surface area contributed by atoms with Crippen LogP contribution in [-0.2, 0) is 17.6 Å². The number of hydrogen-bond donors (Lipinski definition) is 1. The third-order valence-electron chi connectivity index (χ3n) is 6.63. The van der Waals surface area contributed by atoms with E-state index in [1.54, 1.807) is 23.0 Å². The highest BCUT2D eigenvalue weighted by Gasteiger charge is 2.37. The average Bonchev–Trinajstić information content (AvgIpc) is 3.27. The predicted molar refractivity (Wildman–Crippen MR) is 127 cm³/mol. The second-order valence-corrected chi connectivity index (χ2v) is 15.5. The minimum absolute atomic E-state index is 0.0170. The summed E-state index contributed by atoms with van der Waals surface area (Å²) in [4.78, 5) is 0. The molecule has 33 heavy (non-hydrogen) atoms. The molecular formula is C23H31ClFN5O2Si. The molecule has 1 aliphatic rings. The van der Waals surface area contributed by atoms with Crippen LogP contribution in [0.15, 0.2) is 30.5 Å². The molecule has 0 bridgehead atoms. The van der Waals surface area contributed by atoms with Crippen molar-refractivity contribution in [1.82, 2.24) is 24.8 Å².